The second-order valence-electron chi connectivity index (χ2n) is 4.36. The molecule has 1 aromatic carbocycles. The van der Waals surface area contributed by atoms with Gasteiger partial charge in [-0.2, -0.15) is 0 Å². The molecule has 0 aliphatic heterocycles. The summed E-state index contributed by atoms with van der Waals surface area (Å²) in [5.41, 5.74) is 6.78. The quantitative estimate of drug-likeness (QED) is 0.582. The Balaban J connectivity index is 0.00000400. The molecule has 0 aromatic heterocycles. The molecule has 7 heteroatoms. The highest BCUT2D eigenvalue weighted by Gasteiger charge is 2.14. The molecular formula is C14H22ClN3O3. The van der Waals surface area contributed by atoms with Gasteiger partial charge in [-0.1, -0.05) is 30.3 Å². The standard InChI is InChI=1S/C14H21N3O3.ClH/c1-20-8-7-16-13(18)10-17-14(19)12(15)9-11-5-3-2-4-6-11;/h2-6,12H,7-10,15H2,1H3,(H,16,18)(H,17,19);1H. The lowest BCUT2D eigenvalue weighted by Crippen LogP contribution is -2.46. The van der Waals surface area contributed by atoms with Crippen molar-refractivity contribution in [3.8, 4) is 0 Å². The minimum atomic E-state index is -0.663. The van der Waals surface area contributed by atoms with E-state index in [2.05, 4.69) is 10.6 Å². The van der Waals surface area contributed by atoms with E-state index in [1.165, 1.54) is 0 Å². The van der Waals surface area contributed by atoms with Crippen LogP contribution in [0.25, 0.3) is 0 Å². The molecule has 0 saturated heterocycles. The number of nitrogens with two attached hydrogens (primary N) is 1. The summed E-state index contributed by atoms with van der Waals surface area (Å²) in [6.07, 6.45) is 0.442. The Labute approximate surface area is 130 Å². The van der Waals surface area contributed by atoms with E-state index >= 15 is 0 Å². The van der Waals surface area contributed by atoms with Gasteiger partial charge in [-0.05, 0) is 12.0 Å². The molecule has 0 heterocycles. The van der Waals surface area contributed by atoms with Gasteiger partial charge in [0.25, 0.3) is 0 Å². The van der Waals surface area contributed by atoms with Crippen LogP contribution in [0, 0.1) is 0 Å². The molecule has 6 nitrogen and oxygen atoms in total. The lowest BCUT2D eigenvalue weighted by molar-refractivity contribution is -0.126. The summed E-state index contributed by atoms with van der Waals surface area (Å²) in [7, 11) is 1.55. The normalized spacial score (nSPS) is 11.1. The number of hydrogen-bond donors (Lipinski definition) is 3. The SMILES string of the molecule is COCCNC(=O)CNC(=O)C(N)Cc1ccccc1.Cl. The molecular weight excluding hydrogens is 294 g/mol. The molecule has 2 amide bonds. The third-order valence-corrected chi connectivity index (χ3v) is 2.69. The third-order valence-electron chi connectivity index (χ3n) is 2.69. The number of ether oxygens (including phenoxy) is 1. The largest absolute Gasteiger partial charge is 0.383 e. The minimum absolute atomic E-state index is 0. The van der Waals surface area contributed by atoms with Crippen molar-refractivity contribution in [2.45, 2.75) is 12.5 Å². The number of carbonyl (C=O) groups is 2. The topological polar surface area (TPSA) is 93.5 Å². The van der Waals surface area contributed by atoms with E-state index in [1.807, 2.05) is 30.3 Å². The van der Waals surface area contributed by atoms with Crippen molar-refractivity contribution >= 4 is 24.2 Å². The highest BCUT2D eigenvalue weighted by molar-refractivity contribution is 5.87. The first kappa shape index (κ1) is 19.4. The molecule has 0 fully saturated rings. The maximum Gasteiger partial charge on any atom is 0.239 e. The zero-order valence-electron chi connectivity index (χ0n) is 12.0. The number of methoxy groups -OCH3 is 1. The number of carbonyl (C=O) groups excluding carboxylic acids is 2. The van der Waals surface area contributed by atoms with Gasteiger partial charge in [-0.3, -0.25) is 9.59 Å². The smallest absolute Gasteiger partial charge is 0.239 e. The molecule has 0 radical (unpaired) electrons. The van der Waals surface area contributed by atoms with Crippen LogP contribution in [0.5, 0.6) is 0 Å². The average Bonchev–Trinajstić information content (AvgIpc) is 2.46. The Morgan fingerprint density at radius 2 is 1.90 bits per heavy atom. The number of rotatable bonds is 8. The van der Waals surface area contributed by atoms with Crippen molar-refractivity contribution in [1.29, 1.82) is 0 Å². The van der Waals surface area contributed by atoms with Crippen LogP contribution < -0.4 is 16.4 Å². The Bertz CT molecular complexity index is 429. The fourth-order valence-electron chi connectivity index (χ4n) is 1.61. The van der Waals surface area contributed by atoms with Crippen molar-refractivity contribution in [2.75, 3.05) is 26.8 Å². The molecule has 0 aliphatic carbocycles. The van der Waals surface area contributed by atoms with Gasteiger partial charge in [0.1, 0.15) is 0 Å². The summed E-state index contributed by atoms with van der Waals surface area (Å²) in [4.78, 5) is 23.1. The van der Waals surface area contributed by atoms with Crippen molar-refractivity contribution in [3.63, 3.8) is 0 Å². The van der Waals surface area contributed by atoms with Crippen LogP contribution in [0.4, 0.5) is 0 Å². The molecule has 1 atom stereocenters. The predicted octanol–water partition coefficient (Wildman–Crippen LogP) is -0.143. The van der Waals surface area contributed by atoms with Crippen LogP contribution in [0.15, 0.2) is 30.3 Å². The minimum Gasteiger partial charge on any atom is -0.383 e. The number of halogens is 1. The highest BCUT2D eigenvalue weighted by Crippen LogP contribution is 2.01. The van der Waals surface area contributed by atoms with Gasteiger partial charge in [0.05, 0.1) is 19.2 Å². The summed E-state index contributed by atoms with van der Waals surface area (Å²) in [5, 5.41) is 5.12. The Morgan fingerprint density at radius 1 is 1.24 bits per heavy atom. The number of hydrogen-bond acceptors (Lipinski definition) is 4. The van der Waals surface area contributed by atoms with Gasteiger partial charge in [0.15, 0.2) is 0 Å². The summed E-state index contributed by atoms with van der Waals surface area (Å²) in [5.74, 6) is -0.599. The van der Waals surface area contributed by atoms with E-state index in [0.29, 0.717) is 19.6 Å². The van der Waals surface area contributed by atoms with E-state index in [-0.39, 0.29) is 30.8 Å². The molecule has 0 saturated carbocycles. The highest BCUT2D eigenvalue weighted by atomic mass is 35.5. The zero-order chi connectivity index (χ0) is 14.8. The Hall–Kier alpha value is -1.63. The molecule has 4 N–H and O–H groups in total. The molecule has 0 spiro atoms. The molecule has 0 aliphatic rings. The molecule has 1 aromatic rings. The summed E-state index contributed by atoms with van der Waals surface area (Å²) >= 11 is 0. The van der Waals surface area contributed by atoms with Crippen LogP contribution in [0.2, 0.25) is 0 Å². The molecule has 0 bridgehead atoms. The van der Waals surface area contributed by atoms with E-state index in [4.69, 9.17) is 10.5 Å². The van der Waals surface area contributed by atoms with Crippen molar-refractivity contribution in [1.82, 2.24) is 10.6 Å². The fourth-order valence-corrected chi connectivity index (χ4v) is 1.61. The van der Waals surface area contributed by atoms with E-state index in [1.54, 1.807) is 7.11 Å². The van der Waals surface area contributed by atoms with Crippen LogP contribution in [0.3, 0.4) is 0 Å². The van der Waals surface area contributed by atoms with Gasteiger partial charge in [-0.25, -0.2) is 0 Å². The first-order valence-electron chi connectivity index (χ1n) is 6.46. The van der Waals surface area contributed by atoms with Crippen LogP contribution in [-0.4, -0.2) is 44.7 Å². The van der Waals surface area contributed by atoms with E-state index in [0.717, 1.165) is 5.56 Å². The fraction of sp³-hybridized carbons (Fsp3) is 0.429. The van der Waals surface area contributed by atoms with Gasteiger partial charge in [0.2, 0.25) is 11.8 Å². The lowest BCUT2D eigenvalue weighted by atomic mass is 10.1. The maximum atomic E-state index is 11.7. The Kier molecular flexibility index (Phi) is 10.2. The zero-order valence-corrected chi connectivity index (χ0v) is 12.8. The number of amides is 2. The van der Waals surface area contributed by atoms with Gasteiger partial charge in [0, 0.05) is 13.7 Å². The maximum absolute atomic E-state index is 11.7. The van der Waals surface area contributed by atoms with Crippen LogP contribution in [-0.2, 0) is 20.7 Å². The van der Waals surface area contributed by atoms with Gasteiger partial charge >= 0.3 is 0 Å². The van der Waals surface area contributed by atoms with Crippen molar-refractivity contribution in [2.24, 2.45) is 5.73 Å². The van der Waals surface area contributed by atoms with E-state index < -0.39 is 6.04 Å². The summed E-state index contributed by atoms with van der Waals surface area (Å²) in [6, 6.07) is 8.84. The Morgan fingerprint density at radius 3 is 2.52 bits per heavy atom. The van der Waals surface area contributed by atoms with E-state index in [9.17, 15) is 9.59 Å². The summed E-state index contributed by atoms with van der Waals surface area (Å²) in [6.45, 7) is 0.777. The lowest BCUT2D eigenvalue weighted by Gasteiger charge is -2.12. The van der Waals surface area contributed by atoms with Gasteiger partial charge < -0.3 is 21.1 Å². The molecule has 1 rings (SSSR count). The summed E-state index contributed by atoms with van der Waals surface area (Å²) < 4.78 is 4.80. The number of benzene rings is 1. The van der Waals surface area contributed by atoms with Crippen LogP contribution in [0.1, 0.15) is 5.56 Å². The second kappa shape index (κ2) is 11.1. The average molecular weight is 316 g/mol. The first-order chi connectivity index (χ1) is 9.63. The van der Waals surface area contributed by atoms with Crippen molar-refractivity contribution < 1.29 is 14.3 Å². The first-order valence-corrected chi connectivity index (χ1v) is 6.46. The molecule has 1 unspecified atom stereocenters. The second-order valence-corrected chi connectivity index (χ2v) is 4.36. The third kappa shape index (κ3) is 8.29. The monoisotopic (exact) mass is 315 g/mol. The van der Waals surface area contributed by atoms with Crippen molar-refractivity contribution in [3.05, 3.63) is 35.9 Å². The van der Waals surface area contributed by atoms with Crippen LogP contribution >= 0.6 is 12.4 Å². The predicted molar refractivity (Wildman–Crippen MR) is 83.3 cm³/mol. The molecule has 118 valence electrons. The molecule has 21 heavy (non-hydrogen) atoms. The van der Waals surface area contributed by atoms with Gasteiger partial charge in [-0.15, -0.1) is 12.4 Å². The number of nitrogens with one attached hydrogen (secondary N) is 2.